The number of hydrogen-bond donors (Lipinski definition) is 0. The SMILES string of the molecule is CCN(CC(=O)OC)C(=O)CC1CCCCCC1. The lowest BCUT2D eigenvalue weighted by Gasteiger charge is -2.22. The molecule has 1 aliphatic rings. The maximum atomic E-state index is 12.1. The van der Waals surface area contributed by atoms with E-state index in [-0.39, 0.29) is 18.4 Å². The summed E-state index contributed by atoms with van der Waals surface area (Å²) in [5.41, 5.74) is 0. The first-order valence-electron chi connectivity index (χ1n) is 7.02. The molecule has 0 radical (unpaired) electrons. The van der Waals surface area contributed by atoms with E-state index in [1.54, 1.807) is 4.90 Å². The highest BCUT2D eigenvalue weighted by atomic mass is 16.5. The van der Waals surface area contributed by atoms with Crippen LogP contribution in [-0.2, 0) is 14.3 Å². The summed E-state index contributed by atoms with van der Waals surface area (Å²) in [7, 11) is 1.35. The zero-order valence-electron chi connectivity index (χ0n) is 11.6. The summed E-state index contributed by atoms with van der Waals surface area (Å²) < 4.78 is 4.61. The van der Waals surface area contributed by atoms with E-state index in [0.717, 1.165) is 12.8 Å². The maximum absolute atomic E-state index is 12.1. The molecular formula is C14H25NO3. The number of carbonyl (C=O) groups excluding carboxylic acids is 2. The van der Waals surface area contributed by atoms with Crippen LogP contribution in [0, 0.1) is 5.92 Å². The van der Waals surface area contributed by atoms with Crippen molar-refractivity contribution in [1.82, 2.24) is 4.90 Å². The first kappa shape index (κ1) is 15.0. The molecule has 0 bridgehead atoms. The Hall–Kier alpha value is -1.06. The smallest absolute Gasteiger partial charge is 0.325 e. The highest BCUT2D eigenvalue weighted by molar-refractivity contribution is 5.82. The van der Waals surface area contributed by atoms with Gasteiger partial charge in [0, 0.05) is 13.0 Å². The van der Waals surface area contributed by atoms with Gasteiger partial charge in [0.05, 0.1) is 7.11 Å². The van der Waals surface area contributed by atoms with Gasteiger partial charge in [0.1, 0.15) is 6.54 Å². The van der Waals surface area contributed by atoms with Gasteiger partial charge in [-0.05, 0) is 25.7 Å². The molecule has 0 N–H and O–H groups in total. The van der Waals surface area contributed by atoms with Crippen LogP contribution in [0.4, 0.5) is 0 Å². The van der Waals surface area contributed by atoms with E-state index in [2.05, 4.69) is 4.74 Å². The van der Waals surface area contributed by atoms with Gasteiger partial charge in [0.2, 0.25) is 5.91 Å². The van der Waals surface area contributed by atoms with Crippen molar-refractivity contribution in [2.45, 2.75) is 51.9 Å². The quantitative estimate of drug-likeness (QED) is 0.559. The fraction of sp³-hybridized carbons (Fsp3) is 0.857. The third kappa shape index (κ3) is 5.07. The molecule has 0 aromatic heterocycles. The molecule has 4 heteroatoms. The minimum atomic E-state index is -0.342. The van der Waals surface area contributed by atoms with E-state index in [1.165, 1.54) is 32.8 Å². The largest absolute Gasteiger partial charge is 0.468 e. The van der Waals surface area contributed by atoms with Gasteiger partial charge in [-0.3, -0.25) is 9.59 Å². The lowest BCUT2D eigenvalue weighted by Crippen LogP contribution is -2.36. The molecule has 1 saturated carbocycles. The molecule has 104 valence electrons. The Labute approximate surface area is 110 Å². The van der Waals surface area contributed by atoms with E-state index >= 15 is 0 Å². The molecule has 1 aliphatic carbocycles. The number of amides is 1. The molecule has 0 aliphatic heterocycles. The lowest BCUT2D eigenvalue weighted by atomic mass is 9.96. The van der Waals surface area contributed by atoms with Crippen LogP contribution in [0.1, 0.15) is 51.9 Å². The van der Waals surface area contributed by atoms with Crippen LogP contribution < -0.4 is 0 Å². The van der Waals surface area contributed by atoms with Gasteiger partial charge >= 0.3 is 5.97 Å². The standard InChI is InChI=1S/C14H25NO3/c1-3-15(11-14(17)18-2)13(16)10-12-8-6-4-5-7-9-12/h12H,3-11H2,1-2H3. The molecule has 0 saturated heterocycles. The fourth-order valence-electron chi connectivity index (χ4n) is 2.54. The number of ether oxygens (including phenoxy) is 1. The van der Waals surface area contributed by atoms with Gasteiger partial charge in [0.25, 0.3) is 0 Å². The Balaban J connectivity index is 2.42. The van der Waals surface area contributed by atoms with Gasteiger partial charge in [-0.1, -0.05) is 25.7 Å². The van der Waals surface area contributed by atoms with E-state index in [9.17, 15) is 9.59 Å². The molecule has 0 unspecified atom stereocenters. The highest BCUT2D eigenvalue weighted by Gasteiger charge is 2.21. The second-order valence-electron chi connectivity index (χ2n) is 5.05. The molecule has 0 spiro atoms. The zero-order valence-corrected chi connectivity index (χ0v) is 11.6. The van der Waals surface area contributed by atoms with E-state index in [1.807, 2.05) is 6.92 Å². The van der Waals surface area contributed by atoms with Gasteiger partial charge in [-0.15, -0.1) is 0 Å². The molecule has 1 amide bonds. The maximum Gasteiger partial charge on any atom is 0.325 e. The van der Waals surface area contributed by atoms with Crippen LogP contribution >= 0.6 is 0 Å². The van der Waals surface area contributed by atoms with E-state index in [0.29, 0.717) is 18.9 Å². The molecule has 0 heterocycles. The number of nitrogens with zero attached hydrogens (tertiary/aromatic N) is 1. The number of likely N-dealkylation sites (N-methyl/N-ethyl adjacent to an activating group) is 1. The van der Waals surface area contributed by atoms with Crippen LogP contribution in [0.3, 0.4) is 0 Å². The van der Waals surface area contributed by atoms with Crippen molar-refractivity contribution in [3.05, 3.63) is 0 Å². The van der Waals surface area contributed by atoms with Crippen LogP contribution in [-0.4, -0.2) is 37.0 Å². The normalized spacial score (nSPS) is 17.0. The number of carbonyl (C=O) groups is 2. The summed E-state index contributed by atoms with van der Waals surface area (Å²) in [4.78, 5) is 24.9. The molecule has 0 atom stereocenters. The van der Waals surface area contributed by atoms with Crippen molar-refractivity contribution < 1.29 is 14.3 Å². The van der Waals surface area contributed by atoms with Gasteiger partial charge in [0.15, 0.2) is 0 Å². The van der Waals surface area contributed by atoms with Crippen molar-refractivity contribution in [3.8, 4) is 0 Å². The van der Waals surface area contributed by atoms with Gasteiger partial charge < -0.3 is 9.64 Å². The molecule has 18 heavy (non-hydrogen) atoms. The summed E-state index contributed by atoms with van der Waals surface area (Å²) in [6.07, 6.45) is 7.96. The molecule has 0 aromatic carbocycles. The first-order chi connectivity index (χ1) is 8.67. The molecule has 0 aromatic rings. The number of methoxy groups -OCH3 is 1. The zero-order chi connectivity index (χ0) is 13.4. The minimum absolute atomic E-state index is 0.0819. The third-order valence-electron chi connectivity index (χ3n) is 3.72. The van der Waals surface area contributed by atoms with Crippen LogP contribution in [0.2, 0.25) is 0 Å². The van der Waals surface area contributed by atoms with Gasteiger partial charge in [-0.25, -0.2) is 0 Å². The van der Waals surface area contributed by atoms with Crippen LogP contribution in [0.15, 0.2) is 0 Å². The average Bonchev–Trinajstić information content (AvgIpc) is 2.64. The van der Waals surface area contributed by atoms with Crippen LogP contribution in [0.25, 0.3) is 0 Å². The second-order valence-corrected chi connectivity index (χ2v) is 5.05. The summed E-state index contributed by atoms with van der Waals surface area (Å²) >= 11 is 0. The Morgan fingerprint density at radius 2 is 1.78 bits per heavy atom. The first-order valence-corrected chi connectivity index (χ1v) is 7.02. The van der Waals surface area contributed by atoms with E-state index < -0.39 is 0 Å². The Morgan fingerprint density at radius 1 is 1.17 bits per heavy atom. The monoisotopic (exact) mass is 255 g/mol. The molecule has 1 rings (SSSR count). The third-order valence-corrected chi connectivity index (χ3v) is 3.72. The average molecular weight is 255 g/mol. The second kappa shape index (κ2) is 8.11. The minimum Gasteiger partial charge on any atom is -0.468 e. The van der Waals surface area contributed by atoms with Crippen molar-refractivity contribution in [1.29, 1.82) is 0 Å². The Bertz CT molecular complexity index is 270. The lowest BCUT2D eigenvalue weighted by molar-refractivity contribution is -0.147. The van der Waals surface area contributed by atoms with Crippen molar-refractivity contribution in [2.24, 2.45) is 5.92 Å². The van der Waals surface area contributed by atoms with Crippen molar-refractivity contribution in [2.75, 3.05) is 20.2 Å². The molecule has 4 nitrogen and oxygen atoms in total. The summed E-state index contributed by atoms with van der Waals surface area (Å²) in [5.74, 6) is 0.257. The number of rotatable bonds is 5. The van der Waals surface area contributed by atoms with E-state index in [4.69, 9.17) is 0 Å². The fourth-order valence-corrected chi connectivity index (χ4v) is 2.54. The van der Waals surface area contributed by atoms with Crippen molar-refractivity contribution >= 4 is 11.9 Å². The Morgan fingerprint density at radius 3 is 2.28 bits per heavy atom. The highest BCUT2D eigenvalue weighted by Crippen LogP contribution is 2.25. The molecule has 1 fully saturated rings. The summed E-state index contributed by atoms with van der Waals surface area (Å²) in [6, 6.07) is 0. The van der Waals surface area contributed by atoms with Crippen molar-refractivity contribution in [3.63, 3.8) is 0 Å². The summed E-state index contributed by atoms with van der Waals surface area (Å²) in [5, 5.41) is 0. The number of esters is 1. The Kier molecular flexibility index (Phi) is 6.76. The number of hydrogen-bond acceptors (Lipinski definition) is 3. The molecular weight excluding hydrogens is 230 g/mol. The van der Waals surface area contributed by atoms with Gasteiger partial charge in [-0.2, -0.15) is 0 Å². The summed E-state index contributed by atoms with van der Waals surface area (Å²) in [6.45, 7) is 2.55. The predicted molar refractivity (Wildman–Crippen MR) is 70.1 cm³/mol. The predicted octanol–water partition coefficient (Wildman–Crippen LogP) is 2.37. The topological polar surface area (TPSA) is 46.6 Å². The van der Waals surface area contributed by atoms with Crippen LogP contribution in [0.5, 0.6) is 0 Å².